The van der Waals surface area contributed by atoms with Crippen LogP contribution in [0.3, 0.4) is 0 Å². The summed E-state index contributed by atoms with van der Waals surface area (Å²) in [5.41, 5.74) is 4.92. The molecule has 1 aromatic heterocycles. The first-order chi connectivity index (χ1) is 5.68. The van der Waals surface area contributed by atoms with Crippen LogP contribution < -0.4 is 11.1 Å². The second-order valence-corrected chi connectivity index (χ2v) is 3.87. The fourth-order valence-corrected chi connectivity index (χ4v) is 1.59. The number of thiazole rings is 1. The number of halogens is 1. The van der Waals surface area contributed by atoms with Gasteiger partial charge < -0.3 is 11.1 Å². The lowest BCUT2D eigenvalue weighted by Crippen LogP contribution is -2.27. The van der Waals surface area contributed by atoms with E-state index in [0.29, 0.717) is 10.9 Å². The molecule has 0 fully saturated rings. The van der Waals surface area contributed by atoms with Crippen LogP contribution >= 0.6 is 22.9 Å². The van der Waals surface area contributed by atoms with Crippen LogP contribution in [-0.2, 0) is 11.3 Å². The van der Waals surface area contributed by atoms with Gasteiger partial charge in [-0.15, -0.1) is 11.3 Å². The molecular weight excluding hydrogens is 198 g/mol. The molecule has 12 heavy (non-hydrogen) atoms. The van der Waals surface area contributed by atoms with Crippen molar-refractivity contribution >= 4 is 28.8 Å². The van der Waals surface area contributed by atoms with Crippen molar-refractivity contribution in [1.29, 1.82) is 0 Å². The van der Waals surface area contributed by atoms with Crippen LogP contribution in [0.4, 0.5) is 0 Å². The van der Waals surface area contributed by atoms with Gasteiger partial charge in [0.25, 0.3) is 0 Å². The van der Waals surface area contributed by atoms with Crippen LogP contribution in [-0.4, -0.2) is 17.4 Å². The second kappa shape index (κ2) is 4.39. The minimum atomic E-state index is -0.377. The molecule has 3 N–H and O–H groups in total. The van der Waals surface area contributed by atoms with Gasteiger partial charge in [0.05, 0.1) is 12.7 Å². The molecule has 0 unspecified atom stereocenters. The van der Waals surface area contributed by atoms with Gasteiger partial charge in [0.15, 0.2) is 0 Å². The van der Waals surface area contributed by atoms with Crippen LogP contribution in [0.15, 0.2) is 6.20 Å². The molecule has 1 heterocycles. The first-order valence-electron chi connectivity index (χ1n) is 3.27. The number of nitrogens with two attached hydrogens (primary N) is 1. The molecule has 0 spiro atoms. The van der Waals surface area contributed by atoms with Gasteiger partial charge in [0.1, 0.15) is 9.34 Å². The van der Waals surface area contributed by atoms with Gasteiger partial charge >= 0.3 is 0 Å². The summed E-state index contributed by atoms with van der Waals surface area (Å²) in [5, 5.41) is 3.68. The number of carbonyl (C=O) groups is 1. The third-order valence-corrected chi connectivity index (χ3v) is 2.22. The number of hydrogen-bond donors (Lipinski definition) is 2. The minimum absolute atomic E-state index is 0.164. The summed E-state index contributed by atoms with van der Waals surface area (Å²) in [6.45, 7) is 0.692. The first kappa shape index (κ1) is 9.44. The quantitative estimate of drug-likeness (QED) is 0.747. The third-order valence-electron chi connectivity index (χ3n) is 1.10. The second-order valence-electron chi connectivity index (χ2n) is 2.13. The van der Waals surface area contributed by atoms with Crippen LogP contribution in [0.5, 0.6) is 0 Å². The highest BCUT2D eigenvalue weighted by molar-refractivity contribution is 7.15. The summed E-state index contributed by atoms with van der Waals surface area (Å²) in [5.74, 6) is -0.377. The van der Waals surface area contributed by atoms with E-state index in [2.05, 4.69) is 10.3 Å². The van der Waals surface area contributed by atoms with Crippen molar-refractivity contribution in [1.82, 2.24) is 10.3 Å². The maximum Gasteiger partial charge on any atom is 0.231 e. The van der Waals surface area contributed by atoms with E-state index in [-0.39, 0.29) is 12.5 Å². The van der Waals surface area contributed by atoms with Crippen molar-refractivity contribution in [3.8, 4) is 0 Å². The Hall–Kier alpha value is -0.650. The predicted molar refractivity (Wildman–Crippen MR) is 48.0 cm³/mol. The molecule has 0 bridgehead atoms. The van der Waals surface area contributed by atoms with Crippen LogP contribution in [0, 0.1) is 0 Å². The molecule has 0 aliphatic rings. The zero-order valence-corrected chi connectivity index (χ0v) is 7.78. The average molecular weight is 206 g/mol. The summed E-state index contributed by atoms with van der Waals surface area (Å²) in [4.78, 5) is 14.3. The Labute approximate surface area is 78.7 Å². The first-order valence-corrected chi connectivity index (χ1v) is 4.47. The van der Waals surface area contributed by atoms with E-state index < -0.39 is 0 Å². The molecule has 1 amide bonds. The number of rotatable bonds is 4. The zero-order valence-electron chi connectivity index (χ0n) is 6.21. The smallest absolute Gasteiger partial charge is 0.231 e. The van der Waals surface area contributed by atoms with Gasteiger partial charge in [-0.05, 0) is 0 Å². The number of primary amides is 1. The molecule has 0 radical (unpaired) electrons. The highest BCUT2D eigenvalue weighted by Crippen LogP contribution is 2.17. The molecule has 66 valence electrons. The Morgan fingerprint density at radius 3 is 3.08 bits per heavy atom. The van der Waals surface area contributed by atoms with Gasteiger partial charge in [0, 0.05) is 6.54 Å². The van der Waals surface area contributed by atoms with Gasteiger partial charge in [-0.25, -0.2) is 4.98 Å². The van der Waals surface area contributed by atoms with Gasteiger partial charge in [-0.3, -0.25) is 4.79 Å². The molecule has 0 atom stereocenters. The van der Waals surface area contributed by atoms with E-state index in [4.69, 9.17) is 17.3 Å². The van der Waals surface area contributed by atoms with E-state index in [9.17, 15) is 4.79 Å². The van der Waals surface area contributed by atoms with Crippen molar-refractivity contribution in [2.75, 3.05) is 6.54 Å². The lowest BCUT2D eigenvalue weighted by Gasteiger charge is -1.96. The highest BCUT2D eigenvalue weighted by atomic mass is 35.5. The van der Waals surface area contributed by atoms with Crippen molar-refractivity contribution < 1.29 is 4.79 Å². The molecule has 4 nitrogen and oxygen atoms in total. The molecule has 0 aliphatic carbocycles. The standard InChI is InChI=1S/C6H8ClN3OS/c7-4-1-10-6(12-4)3-9-2-5(8)11/h1,9H,2-3H2,(H2,8,11). The maximum atomic E-state index is 10.3. The Bertz CT molecular complexity index is 276. The zero-order chi connectivity index (χ0) is 8.97. The minimum Gasteiger partial charge on any atom is -0.369 e. The topological polar surface area (TPSA) is 68.0 Å². The van der Waals surface area contributed by atoms with Crippen molar-refractivity contribution in [2.24, 2.45) is 5.73 Å². The molecular formula is C6H8ClN3OS. The fourth-order valence-electron chi connectivity index (χ4n) is 0.662. The summed E-state index contributed by atoms with van der Waals surface area (Å²) in [6.07, 6.45) is 1.58. The van der Waals surface area contributed by atoms with Crippen molar-refractivity contribution in [3.05, 3.63) is 15.5 Å². The average Bonchev–Trinajstić information content (AvgIpc) is 2.35. The van der Waals surface area contributed by atoms with Gasteiger partial charge in [-0.1, -0.05) is 11.6 Å². The highest BCUT2D eigenvalue weighted by Gasteiger charge is 1.99. The lowest BCUT2D eigenvalue weighted by atomic mass is 10.6. The largest absolute Gasteiger partial charge is 0.369 e. The Morgan fingerprint density at radius 1 is 1.83 bits per heavy atom. The Balaban J connectivity index is 2.29. The molecule has 1 aromatic rings. The van der Waals surface area contributed by atoms with E-state index in [1.807, 2.05) is 0 Å². The maximum absolute atomic E-state index is 10.3. The van der Waals surface area contributed by atoms with Crippen LogP contribution in [0.1, 0.15) is 5.01 Å². The summed E-state index contributed by atoms with van der Waals surface area (Å²) in [6, 6.07) is 0. The number of aromatic nitrogens is 1. The molecule has 0 saturated heterocycles. The Kier molecular flexibility index (Phi) is 3.46. The molecule has 0 saturated carbocycles. The van der Waals surface area contributed by atoms with Crippen molar-refractivity contribution in [3.63, 3.8) is 0 Å². The molecule has 1 rings (SSSR count). The fraction of sp³-hybridized carbons (Fsp3) is 0.333. The SMILES string of the molecule is NC(=O)CNCc1ncc(Cl)s1. The normalized spacial score (nSPS) is 10.1. The number of carbonyl (C=O) groups excluding carboxylic acids is 1. The van der Waals surface area contributed by atoms with Crippen LogP contribution in [0.25, 0.3) is 0 Å². The van der Waals surface area contributed by atoms with E-state index in [0.717, 1.165) is 5.01 Å². The summed E-state index contributed by atoms with van der Waals surface area (Å²) < 4.78 is 0.644. The monoisotopic (exact) mass is 205 g/mol. The van der Waals surface area contributed by atoms with E-state index >= 15 is 0 Å². The molecule has 0 aliphatic heterocycles. The number of hydrogen-bond acceptors (Lipinski definition) is 4. The Morgan fingerprint density at radius 2 is 2.58 bits per heavy atom. The molecule has 0 aromatic carbocycles. The van der Waals surface area contributed by atoms with Crippen molar-refractivity contribution in [2.45, 2.75) is 6.54 Å². The summed E-state index contributed by atoms with van der Waals surface area (Å²) >= 11 is 7.02. The summed E-state index contributed by atoms with van der Waals surface area (Å²) in [7, 11) is 0. The number of nitrogens with zero attached hydrogens (tertiary/aromatic N) is 1. The predicted octanol–water partition coefficient (Wildman–Crippen LogP) is 0.371. The third kappa shape index (κ3) is 3.17. The lowest BCUT2D eigenvalue weighted by molar-refractivity contribution is -0.117. The number of amides is 1. The molecule has 6 heteroatoms. The number of nitrogens with one attached hydrogen (secondary N) is 1. The van der Waals surface area contributed by atoms with Crippen LogP contribution in [0.2, 0.25) is 4.34 Å². The van der Waals surface area contributed by atoms with E-state index in [1.165, 1.54) is 11.3 Å². The van der Waals surface area contributed by atoms with Gasteiger partial charge in [-0.2, -0.15) is 0 Å². The van der Waals surface area contributed by atoms with E-state index in [1.54, 1.807) is 6.20 Å². The van der Waals surface area contributed by atoms with Gasteiger partial charge in [0.2, 0.25) is 5.91 Å².